The van der Waals surface area contributed by atoms with Crippen molar-refractivity contribution in [1.82, 2.24) is 5.32 Å². The van der Waals surface area contributed by atoms with Crippen LogP contribution in [0.15, 0.2) is 0 Å². The number of hydrogen-bond acceptors (Lipinski definition) is 3. The van der Waals surface area contributed by atoms with Gasteiger partial charge in [0.15, 0.2) is 9.84 Å². The van der Waals surface area contributed by atoms with Crippen molar-refractivity contribution in [3.63, 3.8) is 0 Å². The van der Waals surface area contributed by atoms with E-state index < -0.39 is 9.84 Å². The van der Waals surface area contributed by atoms with E-state index in [1.807, 2.05) is 0 Å². The summed E-state index contributed by atoms with van der Waals surface area (Å²) in [6, 6.07) is 0.685. The van der Waals surface area contributed by atoms with E-state index in [-0.39, 0.29) is 6.04 Å². The zero-order valence-electron chi connectivity index (χ0n) is 10.8. The Morgan fingerprint density at radius 1 is 1.06 bits per heavy atom. The van der Waals surface area contributed by atoms with Gasteiger partial charge in [0.25, 0.3) is 0 Å². The number of hydrogen-bond donors (Lipinski definition) is 1. The molecule has 100 valence electrons. The minimum atomic E-state index is -2.74. The molecular formula is C13H25NO2S. The molecule has 2 fully saturated rings. The summed E-state index contributed by atoms with van der Waals surface area (Å²) in [4.78, 5) is 0. The molecule has 4 heteroatoms. The molecule has 0 aromatic rings. The number of rotatable bonds is 3. The summed E-state index contributed by atoms with van der Waals surface area (Å²) >= 11 is 0. The first-order chi connectivity index (χ1) is 8.07. The molecule has 1 heterocycles. The summed E-state index contributed by atoms with van der Waals surface area (Å²) in [6.45, 7) is 2.24. The van der Waals surface area contributed by atoms with Gasteiger partial charge < -0.3 is 5.32 Å². The Morgan fingerprint density at radius 2 is 1.71 bits per heavy atom. The first-order valence-electron chi connectivity index (χ1n) is 7.03. The highest BCUT2D eigenvalue weighted by atomic mass is 32.2. The van der Waals surface area contributed by atoms with Crippen LogP contribution in [0.5, 0.6) is 0 Å². The first kappa shape index (κ1) is 13.3. The zero-order valence-corrected chi connectivity index (χ0v) is 11.6. The maximum atomic E-state index is 11.4. The van der Waals surface area contributed by atoms with Gasteiger partial charge in [-0.05, 0) is 32.1 Å². The van der Waals surface area contributed by atoms with E-state index >= 15 is 0 Å². The molecule has 1 N–H and O–H groups in total. The smallest absolute Gasteiger partial charge is 0.151 e. The molecular weight excluding hydrogens is 234 g/mol. The zero-order chi connectivity index (χ0) is 12.3. The van der Waals surface area contributed by atoms with Crippen LogP contribution in [-0.4, -0.2) is 32.0 Å². The van der Waals surface area contributed by atoms with E-state index in [1.165, 1.54) is 38.5 Å². The number of sulfone groups is 1. The van der Waals surface area contributed by atoms with Gasteiger partial charge >= 0.3 is 0 Å². The van der Waals surface area contributed by atoms with Crippen molar-refractivity contribution >= 4 is 9.84 Å². The third-order valence-corrected chi connectivity index (χ3v) is 6.11. The molecule has 0 aromatic carbocycles. The van der Waals surface area contributed by atoms with Crippen molar-refractivity contribution in [2.45, 2.75) is 64.0 Å². The molecule has 0 bridgehead atoms. The minimum absolute atomic E-state index is 0.207. The summed E-state index contributed by atoms with van der Waals surface area (Å²) in [6.07, 6.45) is 8.88. The Labute approximate surface area is 105 Å². The van der Waals surface area contributed by atoms with Crippen LogP contribution in [0.1, 0.15) is 51.9 Å². The van der Waals surface area contributed by atoms with Gasteiger partial charge in [0.05, 0.1) is 11.5 Å². The molecule has 2 aliphatic rings. The van der Waals surface area contributed by atoms with Gasteiger partial charge in [0.2, 0.25) is 0 Å². The highest BCUT2D eigenvalue weighted by Gasteiger charge is 2.30. The Hall–Kier alpha value is -0.0900. The van der Waals surface area contributed by atoms with Gasteiger partial charge in [-0.3, -0.25) is 0 Å². The summed E-state index contributed by atoms with van der Waals surface area (Å²) in [5.74, 6) is 1.48. The SMILES string of the molecule is C[C@@H](NC1CCS(=O)(=O)C1)C1CCCCCC1. The highest BCUT2D eigenvalue weighted by molar-refractivity contribution is 7.91. The second-order valence-corrected chi connectivity index (χ2v) is 8.04. The Morgan fingerprint density at radius 3 is 2.24 bits per heavy atom. The molecule has 0 amide bonds. The van der Waals surface area contributed by atoms with E-state index in [2.05, 4.69) is 12.2 Å². The van der Waals surface area contributed by atoms with Gasteiger partial charge in [0, 0.05) is 12.1 Å². The van der Waals surface area contributed by atoms with E-state index in [0.717, 1.165) is 12.3 Å². The Kier molecular flexibility index (Phi) is 4.47. The fraction of sp³-hybridized carbons (Fsp3) is 1.00. The molecule has 1 unspecified atom stereocenters. The van der Waals surface area contributed by atoms with Gasteiger partial charge in [-0.2, -0.15) is 0 Å². The van der Waals surface area contributed by atoms with E-state index in [4.69, 9.17) is 0 Å². The van der Waals surface area contributed by atoms with Crippen LogP contribution in [0.4, 0.5) is 0 Å². The number of nitrogens with one attached hydrogen (secondary N) is 1. The maximum absolute atomic E-state index is 11.4. The highest BCUT2D eigenvalue weighted by Crippen LogP contribution is 2.26. The van der Waals surface area contributed by atoms with Crippen LogP contribution >= 0.6 is 0 Å². The van der Waals surface area contributed by atoms with E-state index in [1.54, 1.807) is 0 Å². The van der Waals surface area contributed by atoms with Crippen LogP contribution < -0.4 is 5.32 Å². The normalized spacial score (nSPS) is 32.2. The summed E-state index contributed by atoms with van der Waals surface area (Å²) in [5, 5.41) is 3.55. The van der Waals surface area contributed by atoms with Crippen LogP contribution in [0.25, 0.3) is 0 Å². The van der Waals surface area contributed by atoms with Crippen molar-refractivity contribution in [3.05, 3.63) is 0 Å². The van der Waals surface area contributed by atoms with Crippen LogP contribution in [0.2, 0.25) is 0 Å². The van der Waals surface area contributed by atoms with Crippen molar-refractivity contribution in [1.29, 1.82) is 0 Å². The lowest BCUT2D eigenvalue weighted by molar-refractivity contribution is 0.316. The van der Waals surface area contributed by atoms with Crippen molar-refractivity contribution in [2.75, 3.05) is 11.5 Å². The molecule has 1 aliphatic heterocycles. The van der Waals surface area contributed by atoms with E-state index in [0.29, 0.717) is 17.5 Å². The largest absolute Gasteiger partial charge is 0.310 e. The third kappa shape index (κ3) is 3.95. The lowest BCUT2D eigenvalue weighted by Gasteiger charge is -2.26. The quantitative estimate of drug-likeness (QED) is 0.790. The summed E-state index contributed by atoms with van der Waals surface area (Å²) in [5.41, 5.74) is 0. The monoisotopic (exact) mass is 259 g/mol. The average molecular weight is 259 g/mol. The van der Waals surface area contributed by atoms with Gasteiger partial charge in [-0.15, -0.1) is 0 Å². The molecule has 2 rings (SSSR count). The van der Waals surface area contributed by atoms with Crippen LogP contribution in [-0.2, 0) is 9.84 Å². The van der Waals surface area contributed by atoms with Gasteiger partial charge in [-0.25, -0.2) is 8.42 Å². The molecule has 3 nitrogen and oxygen atoms in total. The summed E-state index contributed by atoms with van der Waals surface area (Å²) in [7, 11) is -2.74. The third-order valence-electron chi connectivity index (χ3n) is 4.34. The molecule has 1 aliphatic carbocycles. The van der Waals surface area contributed by atoms with Crippen LogP contribution in [0, 0.1) is 5.92 Å². The maximum Gasteiger partial charge on any atom is 0.151 e. The van der Waals surface area contributed by atoms with Gasteiger partial charge in [0.1, 0.15) is 0 Å². The second kappa shape index (κ2) is 5.70. The lowest BCUT2D eigenvalue weighted by Crippen LogP contribution is -2.41. The van der Waals surface area contributed by atoms with Gasteiger partial charge in [-0.1, -0.05) is 25.7 Å². The first-order valence-corrected chi connectivity index (χ1v) is 8.85. The molecule has 1 saturated carbocycles. The topological polar surface area (TPSA) is 46.2 Å². The second-order valence-electron chi connectivity index (χ2n) is 5.81. The average Bonchev–Trinajstić information content (AvgIpc) is 2.52. The van der Waals surface area contributed by atoms with Crippen molar-refractivity contribution < 1.29 is 8.42 Å². The summed E-state index contributed by atoms with van der Waals surface area (Å²) < 4.78 is 22.8. The lowest BCUT2D eigenvalue weighted by atomic mass is 9.92. The Balaban J connectivity index is 1.82. The standard InChI is InChI=1S/C13H25NO2S/c1-11(12-6-4-2-3-5-7-12)14-13-8-9-17(15,16)10-13/h11-14H,2-10H2,1H3/t11-,13?/m1/s1. The van der Waals surface area contributed by atoms with Crippen molar-refractivity contribution in [3.8, 4) is 0 Å². The predicted octanol–water partition coefficient (Wildman–Crippen LogP) is 2.12. The molecule has 0 aromatic heterocycles. The Bertz CT molecular complexity index is 331. The molecule has 0 spiro atoms. The minimum Gasteiger partial charge on any atom is -0.310 e. The predicted molar refractivity (Wildman–Crippen MR) is 70.8 cm³/mol. The fourth-order valence-electron chi connectivity index (χ4n) is 3.25. The molecule has 17 heavy (non-hydrogen) atoms. The van der Waals surface area contributed by atoms with Crippen LogP contribution in [0.3, 0.4) is 0 Å². The molecule has 2 atom stereocenters. The van der Waals surface area contributed by atoms with E-state index in [9.17, 15) is 8.42 Å². The fourth-order valence-corrected chi connectivity index (χ4v) is 4.93. The molecule has 0 radical (unpaired) electrons. The molecule has 1 saturated heterocycles. The van der Waals surface area contributed by atoms with Crippen molar-refractivity contribution in [2.24, 2.45) is 5.92 Å².